The third-order valence-electron chi connectivity index (χ3n) is 3.96. The zero-order valence-electron chi connectivity index (χ0n) is 11.2. The number of nitrogens with zero attached hydrogens (tertiary/aromatic N) is 1. The predicted molar refractivity (Wildman–Crippen MR) is 73.7 cm³/mol. The summed E-state index contributed by atoms with van der Waals surface area (Å²) in [6, 6.07) is 8.12. The molecular weight excluding hydrogens is 226 g/mol. The van der Waals surface area contributed by atoms with E-state index in [1.54, 1.807) is 6.92 Å². The maximum Gasteiger partial charge on any atom is 0.0761 e. The van der Waals surface area contributed by atoms with Crippen molar-refractivity contribution in [3.05, 3.63) is 29.8 Å². The Labute approximate surface area is 109 Å². The van der Waals surface area contributed by atoms with Crippen LogP contribution in [-0.4, -0.2) is 29.4 Å². The zero-order valence-corrected chi connectivity index (χ0v) is 11.2. The van der Waals surface area contributed by atoms with Crippen molar-refractivity contribution in [3.8, 4) is 0 Å². The zero-order chi connectivity index (χ0) is 13.1. The summed E-state index contributed by atoms with van der Waals surface area (Å²) in [7, 11) is 0. The number of anilines is 1. The Morgan fingerprint density at radius 3 is 2.06 bits per heavy atom. The van der Waals surface area contributed by atoms with Crippen LogP contribution in [0.2, 0.25) is 0 Å². The highest BCUT2D eigenvalue weighted by atomic mass is 16.3. The van der Waals surface area contributed by atoms with Gasteiger partial charge in [-0.2, -0.15) is 0 Å². The average Bonchev–Trinajstić information content (AvgIpc) is 2.39. The van der Waals surface area contributed by atoms with E-state index in [1.165, 1.54) is 5.69 Å². The highest BCUT2D eigenvalue weighted by Gasteiger charge is 2.22. The second-order valence-electron chi connectivity index (χ2n) is 5.33. The third kappa shape index (κ3) is 3.03. The first-order chi connectivity index (χ1) is 8.58. The molecule has 2 N–H and O–H groups in total. The van der Waals surface area contributed by atoms with Crippen LogP contribution in [0.1, 0.15) is 38.4 Å². The summed E-state index contributed by atoms with van der Waals surface area (Å²) >= 11 is 0. The van der Waals surface area contributed by atoms with Gasteiger partial charge >= 0.3 is 0 Å². The molecule has 1 saturated heterocycles. The predicted octanol–water partition coefficient (Wildman–Crippen LogP) is 2.34. The first kappa shape index (κ1) is 13.4. The van der Waals surface area contributed by atoms with E-state index in [-0.39, 0.29) is 6.10 Å². The molecular formula is C15H23NO2. The van der Waals surface area contributed by atoms with E-state index in [0.29, 0.717) is 5.92 Å². The number of hydrogen-bond acceptors (Lipinski definition) is 3. The van der Waals surface area contributed by atoms with Crippen LogP contribution in [0.4, 0.5) is 5.69 Å². The largest absolute Gasteiger partial charge is 0.393 e. The van der Waals surface area contributed by atoms with Gasteiger partial charge in [0.1, 0.15) is 0 Å². The first-order valence-electron chi connectivity index (χ1n) is 6.79. The maximum atomic E-state index is 9.59. The van der Waals surface area contributed by atoms with Gasteiger partial charge in [0, 0.05) is 18.8 Å². The molecule has 1 unspecified atom stereocenters. The highest BCUT2D eigenvalue weighted by Crippen LogP contribution is 2.26. The van der Waals surface area contributed by atoms with Crippen LogP contribution in [0.15, 0.2) is 24.3 Å². The van der Waals surface area contributed by atoms with Gasteiger partial charge in [-0.3, -0.25) is 0 Å². The van der Waals surface area contributed by atoms with Gasteiger partial charge in [-0.25, -0.2) is 0 Å². The fraction of sp³-hybridized carbons (Fsp3) is 0.600. The summed E-state index contributed by atoms with van der Waals surface area (Å²) in [4.78, 5) is 2.35. The smallest absolute Gasteiger partial charge is 0.0761 e. The van der Waals surface area contributed by atoms with Crippen LogP contribution in [-0.2, 0) is 0 Å². The number of rotatable bonds is 3. The molecule has 2 atom stereocenters. The Kier molecular flexibility index (Phi) is 4.25. The molecule has 0 saturated carbocycles. The fourth-order valence-corrected chi connectivity index (χ4v) is 2.60. The summed E-state index contributed by atoms with van der Waals surface area (Å²) in [5.41, 5.74) is 2.17. The molecule has 0 bridgehead atoms. The van der Waals surface area contributed by atoms with E-state index in [9.17, 15) is 10.2 Å². The van der Waals surface area contributed by atoms with E-state index in [4.69, 9.17) is 0 Å². The van der Waals surface area contributed by atoms with Crippen LogP contribution in [0.5, 0.6) is 0 Å². The second kappa shape index (κ2) is 5.72. The molecule has 3 heteroatoms. The number of piperidine rings is 1. The highest BCUT2D eigenvalue weighted by molar-refractivity contribution is 5.48. The summed E-state index contributed by atoms with van der Waals surface area (Å²) in [6.07, 6.45) is 1.51. The minimum Gasteiger partial charge on any atom is -0.393 e. The Morgan fingerprint density at radius 1 is 1.06 bits per heavy atom. The lowest BCUT2D eigenvalue weighted by atomic mass is 9.92. The third-order valence-corrected chi connectivity index (χ3v) is 3.96. The van der Waals surface area contributed by atoms with Gasteiger partial charge in [-0.1, -0.05) is 12.1 Å². The topological polar surface area (TPSA) is 43.7 Å². The van der Waals surface area contributed by atoms with E-state index in [1.807, 2.05) is 19.1 Å². The van der Waals surface area contributed by atoms with Crippen molar-refractivity contribution in [2.24, 2.45) is 5.92 Å². The van der Waals surface area contributed by atoms with Gasteiger partial charge in [-0.15, -0.1) is 0 Å². The van der Waals surface area contributed by atoms with Crippen molar-refractivity contribution >= 4 is 5.69 Å². The Balaban J connectivity index is 1.97. The minimum atomic E-state index is -0.403. The molecule has 1 aromatic rings. The summed E-state index contributed by atoms with van der Waals surface area (Å²) < 4.78 is 0. The lowest BCUT2D eigenvalue weighted by molar-refractivity contribution is 0.110. The van der Waals surface area contributed by atoms with Crippen molar-refractivity contribution in [1.82, 2.24) is 0 Å². The summed E-state index contributed by atoms with van der Waals surface area (Å²) in [5, 5.41) is 19.1. The van der Waals surface area contributed by atoms with Gasteiger partial charge in [0.25, 0.3) is 0 Å². The molecule has 0 amide bonds. The van der Waals surface area contributed by atoms with Gasteiger partial charge in [-0.05, 0) is 50.3 Å². The van der Waals surface area contributed by atoms with Crippen molar-refractivity contribution in [2.45, 2.75) is 38.9 Å². The van der Waals surface area contributed by atoms with Crippen LogP contribution in [0.3, 0.4) is 0 Å². The summed E-state index contributed by atoms with van der Waals surface area (Å²) in [6.45, 7) is 5.67. The van der Waals surface area contributed by atoms with E-state index >= 15 is 0 Å². The molecule has 18 heavy (non-hydrogen) atoms. The molecule has 0 aromatic heterocycles. The maximum absolute atomic E-state index is 9.59. The van der Waals surface area contributed by atoms with Crippen molar-refractivity contribution < 1.29 is 10.2 Å². The van der Waals surface area contributed by atoms with E-state index in [0.717, 1.165) is 31.5 Å². The Hall–Kier alpha value is -1.06. The molecule has 0 spiro atoms. The molecule has 1 fully saturated rings. The van der Waals surface area contributed by atoms with Crippen molar-refractivity contribution in [3.63, 3.8) is 0 Å². The van der Waals surface area contributed by atoms with Gasteiger partial charge < -0.3 is 15.1 Å². The SMILES string of the molecule is CC(O)C1CCN(c2ccc([C@H](C)O)cc2)CC1. The number of aliphatic hydroxyl groups excluding tert-OH is 2. The average molecular weight is 249 g/mol. The molecule has 1 aliphatic heterocycles. The quantitative estimate of drug-likeness (QED) is 0.864. The Bertz CT molecular complexity index is 365. The molecule has 0 radical (unpaired) electrons. The normalized spacial score (nSPS) is 20.8. The van der Waals surface area contributed by atoms with Crippen LogP contribution >= 0.6 is 0 Å². The molecule has 100 valence electrons. The molecule has 1 heterocycles. The lowest BCUT2D eigenvalue weighted by Crippen LogP contribution is -2.37. The molecule has 3 nitrogen and oxygen atoms in total. The molecule has 1 aliphatic rings. The van der Waals surface area contributed by atoms with Crippen LogP contribution < -0.4 is 4.90 Å². The van der Waals surface area contributed by atoms with Gasteiger partial charge in [0.15, 0.2) is 0 Å². The lowest BCUT2D eigenvalue weighted by Gasteiger charge is -2.34. The number of benzene rings is 1. The number of aliphatic hydroxyl groups is 2. The minimum absolute atomic E-state index is 0.190. The van der Waals surface area contributed by atoms with E-state index in [2.05, 4.69) is 17.0 Å². The monoisotopic (exact) mass is 249 g/mol. The standard InChI is InChI=1S/C15H23NO2/c1-11(17)13-3-5-15(6-4-13)16-9-7-14(8-10-16)12(2)18/h3-6,11-12,14,17-18H,7-10H2,1-2H3/t11-,12?/m0/s1. The number of hydrogen-bond donors (Lipinski definition) is 2. The molecule has 2 rings (SSSR count). The van der Waals surface area contributed by atoms with Crippen LogP contribution in [0, 0.1) is 5.92 Å². The fourth-order valence-electron chi connectivity index (χ4n) is 2.60. The van der Waals surface area contributed by atoms with Crippen LogP contribution in [0.25, 0.3) is 0 Å². The second-order valence-corrected chi connectivity index (χ2v) is 5.33. The van der Waals surface area contributed by atoms with Gasteiger partial charge in [0.2, 0.25) is 0 Å². The van der Waals surface area contributed by atoms with Crippen molar-refractivity contribution in [1.29, 1.82) is 0 Å². The Morgan fingerprint density at radius 2 is 1.61 bits per heavy atom. The van der Waals surface area contributed by atoms with Gasteiger partial charge in [0.05, 0.1) is 12.2 Å². The summed E-state index contributed by atoms with van der Waals surface area (Å²) in [5.74, 6) is 0.443. The first-order valence-corrected chi connectivity index (χ1v) is 6.79. The van der Waals surface area contributed by atoms with Crippen molar-refractivity contribution in [2.75, 3.05) is 18.0 Å². The van der Waals surface area contributed by atoms with E-state index < -0.39 is 6.10 Å². The molecule has 1 aromatic carbocycles. The molecule has 0 aliphatic carbocycles.